The van der Waals surface area contributed by atoms with Crippen LogP contribution in [0.15, 0.2) is 36.7 Å². The molecule has 36 heavy (non-hydrogen) atoms. The maximum Gasteiger partial charge on any atom is 0.433 e. The van der Waals surface area contributed by atoms with Crippen LogP contribution >= 0.6 is 11.6 Å². The molecule has 0 unspecified atom stereocenters. The Kier molecular flexibility index (Phi) is 7.07. The number of alkyl halides is 3. The Bertz CT molecular complexity index is 1240. The van der Waals surface area contributed by atoms with Crippen LogP contribution in [-0.4, -0.2) is 45.8 Å². The van der Waals surface area contributed by atoms with E-state index in [-0.39, 0.29) is 23.5 Å². The second-order valence-electron chi connectivity index (χ2n) is 9.58. The van der Waals surface area contributed by atoms with E-state index < -0.39 is 11.9 Å². The van der Waals surface area contributed by atoms with E-state index in [2.05, 4.69) is 26.0 Å². The maximum absolute atomic E-state index is 13.5. The number of rotatable bonds is 5. The number of aromatic nitrogens is 3. The second kappa shape index (κ2) is 10.3. The van der Waals surface area contributed by atoms with Crippen LogP contribution < -0.4 is 16.0 Å². The molecular weight excluding hydrogens is 493 g/mol. The molecule has 7 nitrogen and oxygen atoms in total. The highest BCUT2D eigenvalue weighted by atomic mass is 35.5. The molecule has 3 heterocycles. The second-order valence-corrected chi connectivity index (χ2v) is 10.0. The number of carbonyl (C=O) groups is 1. The average Bonchev–Trinajstić information content (AvgIpc) is 3.35. The van der Waals surface area contributed by atoms with Gasteiger partial charge in [-0.25, -0.2) is 4.98 Å². The molecule has 1 aliphatic carbocycles. The Morgan fingerprint density at radius 1 is 1.11 bits per heavy atom. The van der Waals surface area contributed by atoms with Crippen LogP contribution in [0.4, 0.5) is 18.9 Å². The first-order valence-corrected chi connectivity index (χ1v) is 12.6. The minimum atomic E-state index is -4.56. The first-order chi connectivity index (χ1) is 17.3. The van der Waals surface area contributed by atoms with E-state index in [0.29, 0.717) is 34.1 Å². The molecule has 5 rings (SSSR count). The van der Waals surface area contributed by atoms with Crippen LogP contribution in [0.3, 0.4) is 0 Å². The van der Waals surface area contributed by atoms with Gasteiger partial charge in [0.05, 0.1) is 23.3 Å². The first-order valence-electron chi connectivity index (χ1n) is 12.3. The number of pyridine rings is 1. The fourth-order valence-corrected chi connectivity index (χ4v) is 5.30. The van der Waals surface area contributed by atoms with E-state index in [1.165, 1.54) is 12.1 Å². The number of benzene rings is 1. The topological polar surface area (TPSA) is 83.9 Å². The zero-order chi connectivity index (χ0) is 25.3. The summed E-state index contributed by atoms with van der Waals surface area (Å²) in [5.74, 6) is -0.179. The molecule has 1 aromatic carbocycles. The van der Waals surface area contributed by atoms with Gasteiger partial charge in [-0.05, 0) is 75.9 Å². The summed E-state index contributed by atoms with van der Waals surface area (Å²) in [6, 6.07) is 5.77. The van der Waals surface area contributed by atoms with Crippen LogP contribution in [0, 0.1) is 0 Å². The summed E-state index contributed by atoms with van der Waals surface area (Å²) in [6.45, 7) is 1.87. The van der Waals surface area contributed by atoms with Crippen LogP contribution in [0.2, 0.25) is 5.02 Å². The lowest BCUT2D eigenvalue weighted by Gasteiger charge is -2.31. The summed E-state index contributed by atoms with van der Waals surface area (Å²) in [5.41, 5.74) is 0.137. The Labute approximate surface area is 211 Å². The summed E-state index contributed by atoms with van der Waals surface area (Å²) < 4.78 is 42.3. The fourth-order valence-electron chi connectivity index (χ4n) is 5.13. The third-order valence-electron chi connectivity index (χ3n) is 6.98. The lowest BCUT2D eigenvalue weighted by Crippen LogP contribution is -2.41. The van der Waals surface area contributed by atoms with Crippen molar-refractivity contribution < 1.29 is 18.0 Å². The van der Waals surface area contributed by atoms with Gasteiger partial charge in [-0.3, -0.25) is 9.48 Å². The van der Waals surface area contributed by atoms with E-state index in [0.717, 1.165) is 51.3 Å². The normalized spacial score (nSPS) is 21.4. The molecule has 1 saturated carbocycles. The van der Waals surface area contributed by atoms with Crippen molar-refractivity contribution in [3.63, 3.8) is 0 Å². The molecule has 0 spiro atoms. The molecule has 3 N–H and O–H groups in total. The quantitative estimate of drug-likeness (QED) is 0.432. The SMILES string of the molecule is O=C(N[C@@H]1CCC[C@H](Nc2cc(C(F)(F)F)nc3ccc(Cl)cc23)C1)c1cnn(C2CCNCC2)c1. The summed E-state index contributed by atoms with van der Waals surface area (Å²) in [7, 11) is 0. The van der Waals surface area contributed by atoms with Crippen molar-refractivity contribution in [1.82, 2.24) is 25.4 Å². The molecule has 3 aromatic rings. The minimum Gasteiger partial charge on any atom is -0.382 e. The smallest absolute Gasteiger partial charge is 0.382 e. The standard InChI is InChI=1S/C25H28ClF3N6O/c26-16-4-5-21-20(10-16)22(12-23(34-21)25(27,28)29)32-17-2-1-3-18(11-17)33-24(36)15-13-31-35(14-15)19-6-8-30-9-7-19/h4-5,10,12-14,17-19,30H,1-3,6-9,11H2,(H,32,34)(H,33,36)/t17-,18+/m0/s1. The molecule has 2 aromatic heterocycles. The number of fused-ring (bicyclic) bond motifs is 1. The third kappa shape index (κ3) is 5.59. The molecule has 192 valence electrons. The van der Waals surface area contributed by atoms with Gasteiger partial charge in [0.15, 0.2) is 0 Å². The number of nitrogens with zero attached hydrogens (tertiary/aromatic N) is 3. The van der Waals surface area contributed by atoms with E-state index in [1.807, 2.05) is 4.68 Å². The lowest BCUT2D eigenvalue weighted by molar-refractivity contribution is -0.140. The number of carbonyl (C=O) groups excluding carboxylic acids is 1. The molecule has 2 fully saturated rings. The van der Waals surface area contributed by atoms with Crippen molar-refractivity contribution in [1.29, 1.82) is 0 Å². The monoisotopic (exact) mass is 520 g/mol. The highest BCUT2D eigenvalue weighted by molar-refractivity contribution is 6.31. The Morgan fingerprint density at radius 3 is 2.67 bits per heavy atom. The maximum atomic E-state index is 13.5. The van der Waals surface area contributed by atoms with E-state index in [4.69, 9.17) is 11.6 Å². The van der Waals surface area contributed by atoms with Gasteiger partial charge in [0.1, 0.15) is 5.69 Å². The van der Waals surface area contributed by atoms with E-state index >= 15 is 0 Å². The van der Waals surface area contributed by atoms with Crippen LogP contribution in [0.25, 0.3) is 10.9 Å². The molecule has 0 radical (unpaired) electrons. The van der Waals surface area contributed by atoms with Crippen molar-refractivity contribution in [3.8, 4) is 0 Å². The molecule has 1 amide bonds. The van der Waals surface area contributed by atoms with Gasteiger partial charge in [0.25, 0.3) is 5.91 Å². The molecule has 1 saturated heterocycles. The molecule has 1 aliphatic heterocycles. The van der Waals surface area contributed by atoms with Gasteiger partial charge >= 0.3 is 6.18 Å². The third-order valence-corrected chi connectivity index (χ3v) is 7.21. The largest absolute Gasteiger partial charge is 0.433 e. The molecule has 2 aliphatic rings. The van der Waals surface area contributed by atoms with Crippen molar-refractivity contribution in [2.45, 2.75) is 62.8 Å². The van der Waals surface area contributed by atoms with Gasteiger partial charge in [-0.15, -0.1) is 0 Å². The van der Waals surface area contributed by atoms with E-state index in [1.54, 1.807) is 18.5 Å². The van der Waals surface area contributed by atoms with Gasteiger partial charge in [0, 0.05) is 34.4 Å². The Morgan fingerprint density at radius 2 is 1.89 bits per heavy atom. The van der Waals surface area contributed by atoms with Gasteiger partial charge in [-0.1, -0.05) is 11.6 Å². The zero-order valence-corrected chi connectivity index (χ0v) is 20.4. The van der Waals surface area contributed by atoms with Crippen LogP contribution in [0.5, 0.6) is 0 Å². The number of nitrogens with one attached hydrogen (secondary N) is 3. The number of anilines is 1. The van der Waals surface area contributed by atoms with Crippen LogP contribution in [0.1, 0.15) is 60.6 Å². The highest BCUT2D eigenvalue weighted by Gasteiger charge is 2.34. The fraction of sp³-hybridized carbons (Fsp3) is 0.480. The van der Waals surface area contributed by atoms with E-state index in [9.17, 15) is 18.0 Å². The zero-order valence-electron chi connectivity index (χ0n) is 19.6. The first kappa shape index (κ1) is 24.8. The molecular formula is C25H28ClF3N6O. The van der Waals surface area contributed by atoms with Crippen molar-refractivity contribution in [2.24, 2.45) is 0 Å². The van der Waals surface area contributed by atoms with Crippen molar-refractivity contribution in [2.75, 3.05) is 18.4 Å². The summed E-state index contributed by atoms with van der Waals surface area (Å²) in [5, 5.41) is 15.0. The summed E-state index contributed by atoms with van der Waals surface area (Å²) >= 11 is 6.12. The summed E-state index contributed by atoms with van der Waals surface area (Å²) in [4.78, 5) is 16.7. The number of halogens is 4. The van der Waals surface area contributed by atoms with Gasteiger partial charge in [0.2, 0.25) is 0 Å². The Balaban J connectivity index is 1.27. The molecule has 11 heteroatoms. The predicted molar refractivity (Wildman–Crippen MR) is 132 cm³/mol. The van der Waals surface area contributed by atoms with Gasteiger partial charge in [-0.2, -0.15) is 18.3 Å². The lowest BCUT2D eigenvalue weighted by atomic mass is 9.90. The number of hydrogen-bond donors (Lipinski definition) is 3. The number of hydrogen-bond acceptors (Lipinski definition) is 5. The molecule has 0 bridgehead atoms. The average molecular weight is 521 g/mol. The predicted octanol–water partition coefficient (Wildman–Crippen LogP) is 5.18. The highest BCUT2D eigenvalue weighted by Crippen LogP contribution is 2.35. The van der Waals surface area contributed by atoms with Gasteiger partial charge < -0.3 is 16.0 Å². The Hall–Kier alpha value is -2.85. The minimum absolute atomic E-state index is 0.0928. The summed E-state index contributed by atoms with van der Waals surface area (Å²) in [6.07, 6.45) is 3.82. The number of amides is 1. The van der Waals surface area contributed by atoms with Crippen LogP contribution in [-0.2, 0) is 6.18 Å². The number of piperidine rings is 1. The van der Waals surface area contributed by atoms with Crippen molar-refractivity contribution >= 4 is 34.1 Å². The van der Waals surface area contributed by atoms with Crippen molar-refractivity contribution in [3.05, 3.63) is 52.9 Å². The molecule has 2 atom stereocenters.